The summed E-state index contributed by atoms with van der Waals surface area (Å²) in [5.74, 6) is 0.713. The van der Waals surface area contributed by atoms with Crippen molar-refractivity contribution >= 4 is 0 Å². The van der Waals surface area contributed by atoms with E-state index in [1.807, 2.05) is 17.9 Å². The van der Waals surface area contributed by atoms with Crippen molar-refractivity contribution in [2.24, 2.45) is 18.4 Å². The fourth-order valence-electron chi connectivity index (χ4n) is 2.90. The minimum Gasteiger partial charge on any atom is -0.316 e. The third kappa shape index (κ3) is 6.18. The first kappa shape index (κ1) is 18.2. The molecule has 1 aromatic heterocycles. The van der Waals surface area contributed by atoms with Crippen LogP contribution in [0.3, 0.4) is 0 Å². The Morgan fingerprint density at radius 1 is 1.33 bits per heavy atom. The summed E-state index contributed by atoms with van der Waals surface area (Å²) < 4.78 is 1.88. The Kier molecular flexibility index (Phi) is 7.40. The smallest absolute Gasteiger partial charge is 0.0534 e. The average molecular weight is 294 g/mol. The largest absolute Gasteiger partial charge is 0.316 e. The van der Waals surface area contributed by atoms with Crippen molar-refractivity contribution in [2.45, 2.75) is 47.1 Å². The monoisotopic (exact) mass is 294 g/mol. The minimum atomic E-state index is 0.367. The van der Waals surface area contributed by atoms with Crippen LogP contribution in [0.25, 0.3) is 0 Å². The van der Waals surface area contributed by atoms with Crippen molar-refractivity contribution in [3.05, 3.63) is 18.0 Å². The van der Waals surface area contributed by atoms with Crippen LogP contribution in [0.5, 0.6) is 0 Å². The van der Waals surface area contributed by atoms with E-state index >= 15 is 0 Å². The van der Waals surface area contributed by atoms with Gasteiger partial charge in [-0.25, -0.2) is 0 Å². The van der Waals surface area contributed by atoms with E-state index in [9.17, 15) is 0 Å². The number of nitrogens with one attached hydrogen (secondary N) is 1. The molecule has 4 nitrogen and oxygen atoms in total. The van der Waals surface area contributed by atoms with Crippen molar-refractivity contribution in [2.75, 3.05) is 26.7 Å². The van der Waals surface area contributed by atoms with E-state index in [2.05, 4.69) is 56.3 Å². The molecule has 0 aliphatic carbocycles. The van der Waals surface area contributed by atoms with Crippen LogP contribution in [0.4, 0.5) is 0 Å². The van der Waals surface area contributed by atoms with Gasteiger partial charge in [0.05, 0.1) is 6.20 Å². The second kappa shape index (κ2) is 8.54. The molecule has 122 valence electrons. The van der Waals surface area contributed by atoms with Crippen molar-refractivity contribution in [3.63, 3.8) is 0 Å². The van der Waals surface area contributed by atoms with Gasteiger partial charge in [0, 0.05) is 38.4 Å². The Balaban J connectivity index is 2.54. The molecule has 0 aliphatic rings. The number of nitrogens with zero attached hydrogens (tertiary/aromatic N) is 3. The fourth-order valence-corrected chi connectivity index (χ4v) is 2.90. The highest BCUT2D eigenvalue weighted by molar-refractivity contribution is 5.03. The predicted octanol–water partition coefficient (Wildman–Crippen LogP) is 2.90. The molecule has 21 heavy (non-hydrogen) atoms. The van der Waals surface area contributed by atoms with Crippen LogP contribution in [0.2, 0.25) is 0 Å². The van der Waals surface area contributed by atoms with Gasteiger partial charge in [0.15, 0.2) is 0 Å². The second-order valence-corrected chi connectivity index (χ2v) is 6.93. The third-order valence-corrected chi connectivity index (χ3v) is 4.37. The van der Waals surface area contributed by atoms with E-state index in [1.54, 1.807) is 0 Å². The molecule has 0 aliphatic heterocycles. The lowest BCUT2D eigenvalue weighted by Crippen LogP contribution is -2.43. The van der Waals surface area contributed by atoms with Crippen molar-refractivity contribution < 1.29 is 0 Å². The molecule has 0 radical (unpaired) electrons. The number of rotatable bonds is 10. The van der Waals surface area contributed by atoms with Crippen molar-refractivity contribution in [3.8, 4) is 0 Å². The molecule has 1 N–H and O–H groups in total. The van der Waals surface area contributed by atoms with Gasteiger partial charge in [0.1, 0.15) is 0 Å². The molecule has 1 aromatic rings. The molecule has 0 amide bonds. The van der Waals surface area contributed by atoms with E-state index in [4.69, 9.17) is 0 Å². The molecule has 0 fully saturated rings. The van der Waals surface area contributed by atoms with Crippen LogP contribution in [0, 0.1) is 11.3 Å². The van der Waals surface area contributed by atoms with Crippen LogP contribution >= 0.6 is 0 Å². The number of aryl methyl sites for hydroxylation is 1. The van der Waals surface area contributed by atoms with Crippen LogP contribution in [-0.2, 0) is 13.6 Å². The molecule has 0 bridgehead atoms. The van der Waals surface area contributed by atoms with Gasteiger partial charge >= 0.3 is 0 Å². The molecular formula is C17H34N4. The van der Waals surface area contributed by atoms with E-state index in [0.717, 1.165) is 26.2 Å². The SMILES string of the molecule is CCC(CC)(CNCC(C)C)CN(C)Cc1cnn(C)c1. The summed E-state index contributed by atoms with van der Waals surface area (Å²) >= 11 is 0. The van der Waals surface area contributed by atoms with Gasteiger partial charge in [0.2, 0.25) is 0 Å². The van der Waals surface area contributed by atoms with Gasteiger partial charge in [-0.15, -0.1) is 0 Å². The second-order valence-electron chi connectivity index (χ2n) is 6.93. The normalized spacial score (nSPS) is 12.6. The zero-order valence-electron chi connectivity index (χ0n) is 14.8. The van der Waals surface area contributed by atoms with Crippen LogP contribution < -0.4 is 5.32 Å². The summed E-state index contributed by atoms with van der Waals surface area (Å²) in [6.07, 6.45) is 6.50. The Morgan fingerprint density at radius 3 is 2.48 bits per heavy atom. The Labute approximate surface area is 130 Å². The molecule has 0 atom stereocenters. The maximum atomic E-state index is 4.25. The van der Waals surface area contributed by atoms with Gasteiger partial charge in [-0.1, -0.05) is 27.7 Å². The highest BCUT2D eigenvalue weighted by Crippen LogP contribution is 2.27. The van der Waals surface area contributed by atoms with E-state index in [-0.39, 0.29) is 0 Å². The van der Waals surface area contributed by atoms with Crippen LogP contribution in [0.1, 0.15) is 46.1 Å². The van der Waals surface area contributed by atoms with E-state index < -0.39 is 0 Å². The quantitative estimate of drug-likeness (QED) is 0.720. The maximum absolute atomic E-state index is 4.25. The highest BCUT2D eigenvalue weighted by Gasteiger charge is 2.27. The fraction of sp³-hybridized carbons (Fsp3) is 0.824. The topological polar surface area (TPSA) is 33.1 Å². The van der Waals surface area contributed by atoms with Crippen molar-refractivity contribution in [1.29, 1.82) is 0 Å². The first-order chi connectivity index (χ1) is 9.90. The van der Waals surface area contributed by atoms with Gasteiger partial charge in [-0.2, -0.15) is 5.10 Å². The van der Waals surface area contributed by atoms with Gasteiger partial charge in [0.25, 0.3) is 0 Å². The summed E-state index contributed by atoms with van der Waals surface area (Å²) in [7, 11) is 4.19. The average Bonchev–Trinajstić information content (AvgIpc) is 2.82. The first-order valence-corrected chi connectivity index (χ1v) is 8.27. The van der Waals surface area contributed by atoms with Crippen LogP contribution in [-0.4, -0.2) is 41.4 Å². The molecule has 0 unspecified atom stereocenters. The summed E-state index contributed by atoms with van der Waals surface area (Å²) in [6.45, 7) is 13.5. The summed E-state index contributed by atoms with van der Waals surface area (Å²) in [6, 6.07) is 0. The lowest BCUT2D eigenvalue weighted by atomic mass is 9.81. The lowest BCUT2D eigenvalue weighted by molar-refractivity contribution is 0.149. The zero-order chi connectivity index (χ0) is 15.9. The summed E-state index contributed by atoms with van der Waals surface area (Å²) in [4.78, 5) is 2.43. The maximum Gasteiger partial charge on any atom is 0.0534 e. The highest BCUT2D eigenvalue weighted by atomic mass is 15.2. The minimum absolute atomic E-state index is 0.367. The predicted molar refractivity (Wildman–Crippen MR) is 90.3 cm³/mol. The van der Waals surface area contributed by atoms with Crippen LogP contribution in [0.15, 0.2) is 12.4 Å². The molecular weight excluding hydrogens is 260 g/mol. The zero-order valence-corrected chi connectivity index (χ0v) is 14.8. The Bertz CT molecular complexity index is 393. The molecule has 0 aromatic carbocycles. The van der Waals surface area contributed by atoms with Crippen molar-refractivity contribution in [1.82, 2.24) is 20.0 Å². The van der Waals surface area contributed by atoms with E-state index in [1.165, 1.54) is 18.4 Å². The standard InChI is InChI=1S/C17H34N4/c1-7-17(8-2,13-18-9-15(3)4)14-20(5)11-16-10-19-21(6)12-16/h10,12,15,18H,7-9,11,13-14H2,1-6H3. The summed E-state index contributed by atoms with van der Waals surface area (Å²) in [5, 5.41) is 7.91. The lowest BCUT2D eigenvalue weighted by Gasteiger charge is -2.36. The molecule has 1 rings (SSSR count). The first-order valence-electron chi connectivity index (χ1n) is 8.27. The third-order valence-electron chi connectivity index (χ3n) is 4.37. The molecule has 0 spiro atoms. The molecule has 0 saturated heterocycles. The van der Waals surface area contributed by atoms with Gasteiger partial charge < -0.3 is 10.2 Å². The molecule has 0 saturated carbocycles. The van der Waals surface area contributed by atoms with E-state index in [0.29, 0.717) is 11.3 Å². The van der Waals surface area contributed by atoms with Gasteiger partial charge in [-0.05, 0) is 37.8 Å². The Morgan fingerprint density at radius 2 is 2.00 bits per heavy atom. The Hall–Kier alpha value is -0.870. The number of hydrogen-bond acceptors (Lipinski definition) is 3. The summed E-state index contributed by atoms with van der Waals surface area (Å²) in [5.41, 5.74) is 1.66. The molecule has 1 heterocycles. The number of aromatic nitrogens is 2. The van der Waals surface area contributed by atoms with Gasteiger partial charge in [-0.3, -0.25) is 4.68 Å². The number of hydrogen-bond donors (Lipinski definition) is 1. The molecule has 4 heteroatoms.